The van der Waals surface area contributed by atoms with Crippen LogP contribution in [-0.4, -0.2) is 23.5 Å². The van der Waals surface area contributed by atoms with Gasteiger partial charge in [-0.3, -0.25) is 9.59 Å². The van der Waals surface area contributed by atoms with Crippen LogP contribution < -0.4 is 5.32 Å². The number of carboxylic acid groups (broad SMARTS) is 1. The number of carbonyl (C=O) groups excluding carboxylic acids is 1. The third-order valence-corrected chi connectivity index (χ3v) is 2.18. The van der Waals surface area contributed by atoms with E-state index in [0.717, 1.165) is 6.42 Å². The molecule has 1 atom stereocenters. The Labute approximate surface area is 91.1 Å². The van der Waals surface area contributed by atoms with Crippen LogP contribution in [0.2, 0.25) is 0 Å². The Kier molecular flexibility index (Phi) is 6.75. The fraction of sp³-hybridized carbons (Fsp3) is 0.818. The van der Waals surface area contributed by atoms with Gasteiger partial charge in [-0.15, -0.1) is 0 Å². The van der Waals surface area contributed by atoms with Gasteiger partial charge in [0, 0.05) is 19.4 Å². The molecule has 0 fully saturated rings. The summed E-state index contributed by atoms with van der Waals surface area (Å²) in [5.41, 5.74) is 0. The lowest BCUT2D eigenvalue weighted by atomic mass is 9.94. The van der Waals surface area contributed by atoms with Gasteiger partial charge in [-0.05, 0) is 18.3 Å². The summed E-state index contributed by atoms with van der Waals surface area (Å²) in [6.07, 6.45) is 1.40. The van der Waals surface area contributed by atoms with Gasteiger partial charge in [0.1, 0.15) is 0 Å². The molecule has 1 unspecified atom stereocenters. The van der Waals surface area contributed by atoms with E-state index in [1.54, 1.807) is 6.92 Å². The Balaban J connectivity index is 4.00. The highest BCUT2D eigenvalue weighted by molar-refractivity contribution is 5.75. The van der Waals surface area contributed by atoms with Crippen molar-refractivity contribution in [3.8, 4) is 0 Å². The van der Waals surface area contributed by atoms with Gasteiger partial charge in [-0.2, -0.15) is 0 Å². The van der Waals surface area contributed by atoms with E-state index in [1.165, 1.54) is 0 Å². The maximum atomic E-state index is 11.0. The number of nitrogens with one attached hydrogen (secondary N) is 1. The lowest BCUT2D eigenvalue weighted by molar-refractivity contribution is -0.138. The third kappa shape index (κ3) is 7.97. The van der Waals surface area contributed by atoms with E-state index in [9.17, 15) is 9.59 Å². The van der Waals surface area contributed by atoms with Gasteiger partial charge in [-0.25, -0.2) is 0 Å². The quantitative estimate of drug-likeness (QED) is 0.678. The molecule has 0 saturated carbocycles. The number of rotatable bonds is 7. The molecule has 4 heteroatoms. The number of carboxylic acids is 1. The number of amides is 1. The molecule has 0 heterocycles. The summed E-state index contributed by atoms with van der Waals surface area (Å²) in [6, 6.07) is 0. The fourth-order valence-corrected chi connectivity index (χ4v) is 1.54. The highest BCUT2D eigenvalue weighted by atomic mass is 16.4. The Morgan fingerprint density at radius 3 is 2.33 bits per heavy atom. The van der Waals surface area contributed by atoms with E-state index in [1.807, 2.05) is 0 Å². The van der Waals surface area contributed by atoms with Crippen molar-refractivity contribution in [2.75, 3.05) is 6.54 Å². The average molecular weight is 215 g/mol. The van der Waals surface area contributed by atoms with Gasteiger partial charge in [0.05, 0.1) is 0 Å². The molecule has 0 saturated heterocycles. The zero-order valence-electron chi connectivity index (χ0n) is 9.75. The maximum absolute atomic E-state index is 11.0. The first-order chi connectivity index (χ1) is 6.95. The molecule has 0 bridgehead atoms. The van der Waals surface area contributed by atoms with Crippen LogP contribution in [0, 0.1) is 11.8 Å². The van der Waals surface area contributed by atoms with Crippen LogP contribution in [0.1, 0.15) is 40.0 Å². The minimum Gasteiger partial charge on any atom is -0.481 e. The van der Waals surface area contributed by atoms with E-state index < -0.39 is 5.97 Å². The van der Waals surface area contributed by atoms with Gasteiger partial charge in [-0.1, -0.05) is 20.8 Å². The average Bonchev–Trinajstić information content (AvgIpc) is 2.11. The minimum absolute atomic E-state index is 0.0193. The van der Waals surface area contributed by atoms with E-state index in [2.05, 4.69) is 19.2 Å². The summed E-state index contributed by atoms with van der Waals surface area (Å²) in [7, 11) is 0. The largest absolute Gasteiger partial charge is 0.481 e. The molecule has 2 N–H and O–H groups in total. The summed E-state index contributed by atoms with van der Waals surface area (Å²) in [4.78, 5) is 21.6. The van der Waals surface area contributed by atoms with Gasteiger partial charge < -0.3 is 10.4 Å². The van der Waals surface area contributed by atoms with Crippen molar-refractivity contribution in [3.05, 3.63) is 0 Å². The zero-order valence-corrected chi connectivity index (χ0v) is 9.75. The van der Waals surface area contributed by atoms with Gasteiger partial charge in [0.25, 0.3) is 0 Å². The normalized spacial score (nSPS) is 12.5. The molecular formula is C11H21NO3. The van der Waals surface area contributed by atoms with Crippen molar-refractivity contribution in [1.29, 1.82) is 0 Å². The second kappa shape index (κ2) is 7.26. The summed E-state index contributed by atoms with van der Waals surface area (Å²) >= 11 is 0. The van der Waals surface area contributed by atoms with Gasteiger partial charge in [0.15, 0.2) is 0 Å². The highest BCUT2D eigenvalue weighted by Gasteiger charge is 2.15. The fourth-order valence-electron chi connectivity index (χ4n) is 1.54. The van der Waals surface area contributed by atoms with Crippen molar-refractivity contribution >= 4 is 11.9 Å². The van der Waals surface area contributed by atoms with Crippen molar-refractivity contribution in [3.63, 3.8) is 0 Å². The van der Waals surface area contributed by atoms with Crippen molar-refractivity contribution < 1.29 is 14.7 Å². The van der Waals surface area contributed by atoms with Crippen molar-refractivity contribution in [2.24, 2.45) is 11.8 Å². The summed E-state index contributed by atoms with van der Waals surface area (Å²) in [6.45, 7) is 6.36. The lowest BCUT2D eigenvalue weighted by Crippen LogP contribution is -2.30. The minimum atomic E-state index is -0.800. The Morgan fingerprint density at radius 2 is 1.93 bits per heavy atom. The SMILES string of the molecule is CCC(=O)NCC(CC(=O)O)CC(C)C. The van der Waals surface area contributed by atoms with Gasteiger partial charge in [0.2, 0.25) is 5.91 Å². The van der Waals surface area contributed by atoms with Crippen LogP contribution in [0.25, 0.3) is 0 Å². The second-order valence-corrected chi connectivity index (χ2v) is 4.25. The third-order valence-electron chi connectivity index (χ3n) is 2.18. The van der Waals surface area contributed by atoms with Crippen LogP contribution in [0.15, 0.2) is 0 Å². The van der Waals surface area contributed by atoms with E-state index in [-0.39, 0.29) is 18.2 Å². The molecule has 0 aromatic heterocycles. The Hall–Kier alpha value is -1.06. The first-order valence-electron chi connectivity index (χ1n) is 5.44. The first kappa shape index (κ1) is 13.9. The molecule has 0 radical (unpaired) electrons. The molecule has 4 nitrogen and oxygen atoms in total. The summed E-state index contributed by atoms with van der Waals surface area (Å²) in [5, 5.41) is 11.4. The Morgan fingerprint density at radius 1 is 1.33 bits per heavy atom. The lowest BCUT2D eigenvalue weighted by Gasteiger charge is -2.17. The molecular weight excluding hydrogens is 194 g/mol. The molecule has 0 aromatic carbocycles. The van der Waals surface area contributed by atoms with Gasteiger partial charge >= 0.3 is 5.97 Å². The number of carbonyl (C=O) groups is 2. The monoisotopic (exact) mass is 215 g/mol. The zero-order chi connectivity index (χ0) is 11.8. The van der Waals surface area contributed by atoms with E-state index >= 15 is 0 Å². The van der Waals surface area contributed by atoms with Crippen LogP contribution >= 0.6 is 0 Å². The number of aliphatic carboxylic acids is 1. The molecule has 0 aliphatic heterocycles. The predicted molar refractivity (Wildman–Crippen MR) is 58.5 cm³/mol. The summed E-state index contributed by atoms with van der Waals surface area (Å²) in [5.74, 6) is -0.327. The van der Waals surface area contributed by atoms with Crippen LogP contribution in [-0.2, 0) is 9.59 Å². The topological polar surface area (TPSA) is 66.4 Å². The number of hydrogen-bond donors (Lipinski definition) is 2. The molecule has 0 spiro atoms. The van der Waals surface area contributed by atoms with Crippen molar-refractivity contribution in [2.45, 2.75) is 40.0 Å². The molecule has 15 heavy (non-hydrogen) atoms. The standard InChI is InChI=1S/C11H21NO3/c1-4-10(13)12-7-9(5-8(2)3)6-11(14)15/h8-9H,4-7H2,1-3H3,(H,12,13)(H,14,15). The molecule has 0 aliphatic rings. The smallest absolute Gasteiger partial charge is 0.303 e. The van der Waals surface area contributed by atoms with E-state index in [0.29, 0.717) is 18.9 Å². The van der Waals surface area contributed by atoms with Crippen LogP contribution in [0.5, 0.6) is 0 Å². The molecule has 1 amide bonds. The molecule has 88 valence electrons. The molecule has 0 aromatic rings. The highest BCUT2D eigenvalue weighted by Crippen LogP contribution is 2.14. The summed E-state index contributed by atoms with van der Waals surface area (Å²) < 4.78 is 0. The van der Waals surface area contributed by atoms with Crippen LogP contribution in [0.3, 0.4) is 0 Å². The first-order valence-corrected chi connectivity index (χ1v) is 5.44. The van der Waals surface area contributed by atoms with Crippen molar-refractivity contribution in [1.82, 2.24) is 5.32 Å². The van der Waals surface area contributed by atoms with Crippen LogP contribution in [0.4, 0.5) is 0 Å². The number of hydrogen-bond acceptors (Lipinski definition) is 2. The Bertz CT molecular complexity index is 214. The second-order valence-electron chi connectivity index (χ2n) is 4.25. The molecule has 0 aliphatic carbocycles. The molecule has 0 rings (SSSR count). The maximum Gasteiger partial charge on any atom is 0.303 e. The van der Waals surface area contributed by atoms with E-state index in [4.69, 9.17) is 5.11 Å². The predicted octanol–water partition coefficient (Wildman–Crippen LogP) is 1.65.